The van der Waals surface area contributed by atoms with Gasteiger partial charge in [0.2, 0.25) is 21.8 Å². The summed E-state index contributed by atoms with van der Waals surface area (Å²) in [5, 5.41) is 2.75. The second-order valence-electron chi connectivity index (χ2n) is 6.59. The molecule has 10 heteroatoms. The summed E-state index contributed by atoms with van der Waals surface area (Å²) in [5.74, 6) is -0.385. The zero-order chi connectivity index (χ0) is 21.7. The zero-order valence-electron chi connectivity index (χ0n) is 16.9. The zero-order valence-corrected chi connectivity index (χ0v) is 18.5. The molecule has 1 N–H and O–H groups in total. The van der Waals surface area contributed by atoms with Crippen LogP contribution in [0.15, 0.2) is 52.4 Å². The highest BCUT2D eigenvalue weighted by atomic mass is 32.2. The highest BCUT2D eigenvalue weighted by molar-refractivity contribution is 8.00. The number of pyridine rings is 1. The van der Waals surface area contributed by atoms with Gasteiger partial charge in [0, 0.05) is 24.2 Å². The third kappa shape index (κ3) is 4.82. The summed E-state index contributed by atoms with van der Waals surface area (Å²) in [6.07, 6.45) is 1.64. The fourth-order valence-corrected chi connectivity index (χ4v) is 5.51. The molecule has 0 saturated heterocycles. The lowest BCUT2D eigenvalue weighted by Gasteiger charge is -2.29. The Bertz CT molecular complexity index is 1020. The number of nitrogens with one attached hydrogen (secondary N) is 1. The van der Waals surface area contributed by atoms with Gasteiger partial charge < -0.3 is 10.2 Å². The van der Waals surface area contributed by atoms with E-state index in [-0.39, 0.29) is 35.6 Å². The van der Waals surface area contributed by atoms with E-state index in [0.717, 1.165) is 4.90 Å². The van der Waals surface area contributed by atoms with Crippen LogP contribution in [0.1, 0.15) is 19.5 Å². The Morgan fingerprint density at radius 3 is 2.67 bits per heavy atom. The van der Waals surface area contributed by atoms with Crippen LogP contribution in [0, 0.1) is 0 Å². The molecule has 0 bridgehead atoms. The van der Waals surface area contributed by atoms with Crippen LogP contribution < -0.4 is 10.2 Å². The molecule has 1 aromatic carbocycles. The van der Waals surface area contributed by atoms with E-state index < -0.39 is 10.0 Å². The van der Waals surface area contributed by atoms with Gasteiger partial charge in [-0.1, -0.05) is 19.9 Å². The average Bonchev–Trinajstić information content (AvgIpc) is 2.75. The van der Waals surface area contributed by atoms with Crippen molar-refractivity contribution in [2.45, 2.75) is 30.2 Å². The van der Waals surface area contributed by atoms with E-state index in [1.165, 1.54) is 27.0 Å². The van der Waals surface area contributed by atoms with Gasteiger partial charge in [0.05, 0.1) is 28.6 Å². The number of anilines is 1. The number of amides is 2. The van der Waals surface area contributed by atoms with Crippen molar-refractivity contribution >= 4 is 39.3 Å². The fourth-order valence-electron chi connectivity index (χ4n) is 3.12. The first-order valence-corrected chi connectivity index (χ1v) is 12.0. The average molecular weight is 449 g/mol. The molecule has 2 amide bonds. The predicted octanol–water partition coefficient (Wildman–Crippen LogP) is 1.87. The minimum atomic E-state index is -3.67. The number of hydrogen-bond donors (Lipinski definition) is 1. The summed E-state index contributed by atoms with van der Waals surface area (Å²) in [6, 6.07) is 10.1. The Kier molecular flexibility index (Phi) is 7.11. The maximum absolute atomic E-state index is 12.9. The molecule has 8 nitrogen and oxygen atoms in total. The van der Waals surface area contributed by atoms with Gasteiger partial charge in [0.1, 0.15) is 6.54 Å². The summed E-state index contributed by atoms with van der Waals surface area (Å²) in [5.41, 5.74) is 1.15. The van der Waals surface area contributed by atoms with Crippen LogP contribution in [0.5, 0.6) is 0 Å². The molecular weight excluding hydrogens is 424 g/mol. The first-order chi connectivity index (χ1) is 14.4. The molecule has 0 spiro atoms. The van der Waals surface area contributed by atoms with E-state index in [4.69, 9.17) is 0 Å². The monoisotopic (exact) mass is 448 g/mol. The molecule has 2 heterocycles. The summed E-state index contributed by atoms with van der Waals surface area (Å²) in [4.78, 5) is 31.4. The number of nitrogens with zero attached hydrogens (tertiary/aromatic N) is 3. The summed E-state index contributed by atoms with van der Waals surface area (Å²) >= 11 is 1.34. The Morgan fingerprint density at radius 1 is 1.23 bits per heavy atom. The Morgan fingerprint density at radius 2 is 2.00 bits per heavy atom. The number of fused-ring (bicyclic) bond motifs is 1. The quantitative estimate of drug-likeness (QED) is 0.662. The molecule has 0 aliphatic carbocycles. The third-order valence-corrected chi connectivity index (χ3v) is 7.80. The summed E-state index contributed by atoms with van der Waals surface area (Å²) in [6.45, 7) is 4.31. The molecule has 2 aromatic rings. The topological polar surface area (TPSA) is 99.7 Å². The van der Waals surface area contributed by atoms with E-state index in [0.29, 0.717) is 24.5 Å². The van der Waals surface area contributed by atoms with Crippen molar-refractivity contribution in [3.05, 3.63) is 48.3 Å². The SMILES string of the molecule is CCN(CC)S(=O)(=O)c1ccc2c(c1)N(CC(=O)NCc1ccccn1)C(=O)CS2. The predicted molar refractivity (Wildman–Crippen MR) is 116 cm³/mol. The van der Waals surface area contributed by atoms with Gasteiger partial charge in [-0.3, -0.25) is 14.6 Å². The van der Waals surface area contributed by atoms with Gasteiger partial charge in [0.15, 0.2) is 0 Å². The molecular formula is C20H24N4O4S2. The van der Waals surface area contributed by atoms with Gasteiger partial charge in [-0.2, -0.15) is 4.31 Å². The fraction of sp³-hybridized carbons (Fsp3) is 0.350. The smallest absolute Gasteiger partial charge is 0.243 e. The summed E-state index contributed by atoms with van der Waals surface area (Å²) in [7, 11) is -3.67. The highest BCUT2D eigenvalue weighted by Gasteiger charge is 2.30. The van der Waals surface area contributed by atoms with Crippen LogP contribution in [0.4, 0.5) is 5.69 Å². The highest BCUT2D eigenvalue weighted by Crippen LogP contribution is 2.37. The second-order valence-corrected chi connectivity index (χ2v) is 9.54. The van der Waals surface area contributed by atoms with Crippen LogP contribution in [0.3, 0.4) is 0 Å². The van der Waals surface area contributed by atoms with E-state index in [2.05, 4.69) is 10.3 Å². The van der Waals surface area contributed by atoms with Crippen LogP contribution in [0.25, 0.3) is 0 Å². The Hall–Kier alpha value is -2.43. The van der Waals surface area contributed by atoms with Crippen molar-refractivity contribution in [2.24, 2.45) is 0 Å². The van der Waals surface area contributed by atoms with Gasteiger partial charge in [-0.25, -0.2) is 8.42 Å². The number of aromatic nitrogens is 1. The van der Waals surface area contributed by atoms with Crippen molar-refractivity contribution in [3.63, 3.8) is 0 Å². The minimum absolute atomic E-state index is 0.110. The van der Waals surface area contributed by atoms with Crippen molar-refractivity contribution < 1.29 is 18.0 Å². The molecule has 0 saturated carbocycles. The first-order valence-electron chi connectivity index (χ1n) is 9.60. The molecule has 160 valence electrons. The van der Waals surface area contributed by atoms with Crippen molar-refractivity contribution in [1.82, 2.24) is 14.6 Å². The van der Waals surface area contributed by atoms with E-state index >= 15 is 0 Å². The van der Waals surface area contributed by atoms with Crippen molar-refractivity contribution in [3.8, 4) is 0 Å². The van der Waals surface area contributed by atoms with Crippen LogP contribution in [0.2, 0.25) is 0 Å². The van der Waals surface area contributed by atoms with Gasteiger partial charge in [0.25, 0.3) is 0 Å². The third-order valence-electron chi connectivity index (χ3n) is 4.71. The standard InChI is InChI=1S/C20H24N4O4S2/c1-3-23(4-2)30(27,28)16-8-9-18-17(11-16)24(20(26)14-29-18)13-19(25)22-12-15-7-5-6-10-21-15/h5-11H,3-4,12-14H2,1-2H3,(H,22,25). The maximum Gasteiger partial charge on any atom is 0.243 e. The number of sulfonamides is 1. The lowest BCUT2D eigenvalue weighted by atomic mass is 10.2. The van der Waals surface area contributed by atoms with Crippen molar-refractivity contribution in [2.75, 3.05) is 30.3 Å². The molecule has 0 radical (unpaired) electrons. The van der Waals surface area contributed by atoms with Crippen LogP contribution in [-0.4, -0.2) is 54.9 Å². The molecule has 0 unspecified atom stereocenters. The molecule has 1 aliphatic rings. The molecule has 1 aromatic heterocycles. The van der Waals surface area contributed by atoms with Gasteiger partial charge >= 0.3 is 0 Å². The Labute approximate surface area is 180 Å². The lowest BCUT2D eigenvalue weighted by molar-refractivity contribution is -0.123. The van der Waals surface area contributed by atoms with E-state index in [9.17, 15) is 18.0 Å². The molecule has 3 rings (SSSR count). The van der Waals surface area contributed by atoms with Gasteiger partial charge in [-0.05, 0) is 30.3 Å². The van der Waals surface area contributed by atoms with Gasteiger partial charge in [-0.15, -0.1) is 11.8 Å². The number of rotatable bonds is 8. The lowest BCUT2D eigenvalue weighted by Crippen LogP contribution is -2.43. The van der Waals surface area contributed by atoms with E-state index in [1.807, 2.05) is 6.07 Å². The number of carbonyl (C=O) groups excluding carboxylic acids is 2. The van der Waals surface area contributed by atoms with E-state index in [1.54, 1.807) is 44.3 Å². The molecule has 0 atom stereocenters. The van der Waals surface area contributed by atoms with Crippen molar-refractivity contribution in [1.29, 1.82) is 0 Å². The van der Waals surface area contributed by atoms with Crippen LogP contribution >= 0.6 is 11.8 Å². The largest absolute Gasteiger partial charge is 0.349 e. The number of benzene rings is 1. The summed E-state index contributed by atoms with van der Waals surface area (Å²) < 4.78 is 27.1. The van der Waals surface area contributed by atoms with Crippen LogP contribution in [-0.2, 0) is 26.2 Å². The normalized spacial score (nSPS) is 14.0. The Balaban J connectivity index is 1.82. The first kappa shape index (κ1) is 22.3. The number of thioether (sulfide) groups is 1. The second kappa shape index (κ2) is 9.59. The minimum Gasteiger partial charge on any atom is -0.349 e. The molecule has 0 fully saturated rings. The molecule has 30 heavy (non-hydrogen) atoms. The maximum atomic E-state index is 12.9. The molecule has 1 aliphatic heterocycles. The number of hydrogen-bond acceptors (Lipinski definition) is 6. The number of carbonyl (C=O) groups is 2.